The quantitative estimate of drug-likeness (QED) is 0.519. The number of aromatic nitrogens is 1. The molecule has 156 valence electrons. The van der Waals surface area contributed by atoms with Crippen LogP contribution in [-0.2, 0) is 11.2 Å². The van der Waals surface area contributed by atoms with E-state index < -0.39 is 5.82 Å². The molecule has 8 heteroatoms. The number of halogens is 2. The van der Waals surface area contributed by atoms with Crippen molar-refractivity contribution < 1.29 is 18.4 Å². The predicted molar refractivity (Wildman–Crippen MR) is 113 cm³/mol. The van der Waals surface area contributed by atoms with Crippen molar-refractivity contribution in [2.45, 2.75) is 26.2 Å². The average molecular weight is 429 g/mol. The number of thiazole rings is 1. The predicted octanol–water partition coefficient (Wildman–Crippen LogP) is 4.47. The molecule has 0 aliphatic carbocycles. The summed E-state index contributed by atoms with van der Waals surface area (Å²) in [5.41, 5.74) is 1.81. The molecule has 3 aromatic rings. The lowest BCUT2D eigenvalue weighted by Crippen LogP contribution is -2.25. The molecule has 0 atom stereocenters. The van der Waals surface area contributed by atoms with Gasteiger partial charge in [-0.3, -0.25) is 9.59 Å². The molecule has 0 aliphatic rings. The molecule has 1 aromatic heterocycles. The topological polar surface area (TPSA) is 71.1 Å². The third kappa shape index (κ3) is 6.18. The van der Waals surface area contributed by atoms with Crippen LogP contribution in [0.25, 0.3) is 0 Å². The average Bonchev–Trinajstić information content (AvgIpc) is 3.15. The normalized spacial score (nSPS) is 10.6. The summed E-state index contributed by atoms with van der Waals surface area (Å²) < 4.78 is 26.5. The lowest BCUT2D eigenvalue weighted by Gasteiger charge is -2.05. The van der Waals surface area contributed by atoms with Crippen molar-refractivity contribution in [3.8, 4) is 0 Å². The first-order valence-electron chi connectivity index (χ1n) is 9.44. The van der Waals surface area contributed by atoms with Gasteiger partial charge in [0.15, 0.2) is 5.13 Å². The van der Waals surface area contributed by atoms with Crippen LogP contribution in [0.3, 0.4) is 0 Å². The molecule has 30 heavy (non-hydrogen) atoms. The highest BCUT2D eigenvalue weighted by molar-refractivity contribution is 7.15. The SMILES string of the molecule is Cc1ccc(Cc2cnc(NC(=O)CCCNC(=O)c3ccc(F)cc3)s2)cc1F. The Kier molecular flexibility index (Phi) is 7.24. The molecule has 0 aliphatic heterocycles. The molecule has 0 radical (unpaired) electrons. The molecule has 0 saturated carbocycles. The monoisotopic (exact) mass is 429 g/mol. The minimum Gasteiger partial charge on any atom is -0.352 e. The highest BCUT2D eigenvalue weighted by Gasteiger charge is 2.09. The van der Waals surface area contributed by atoms with Gasteiger partial charge in [-0.1, -0.05) is 12.1 Å². The number of amides is 2. The Hall–Kier alpha value is -3.13. The van der Waals surface area contributed by atoms with Crippen molar-refractivity contribution in [2.24, 2.45) is 0 Å². The number of nitrogens with one attached hydrogen (secondary N) is 2. The van der Waals surface area contributed by atoms with E-state index in [1.807, 2.05) is 6.07 Å². The van der Waals surface area contributed by atoms with Crippen LogP contribution < -0.4 is 10.6 Å². The van der Waals surface area contributed by atoms with E-state index in [9.17, 15) is 18.4 Å². The van der Waals surface area contributed by atoms with Crippen LogP contribution in [0.5, 0.6) is 0 Å². The van der Waals surface area contributed by atoms with Crippen molar-refractivity contribution in [2.75, 3.05) is 11.9 Å². The van der Waals surface area contributed by atoms with Gasteiger partial charge in [0.2, 0.25) is 5.91 Å². The molecule has 0 spiro atoms. The van der Waals surface area contributed by atoms with E-state index in [-0.39, 0.29) is 24.1 Å². The Morgan fingerprint density at radius 3 is 2.60 bits per heavy atom. The van der Waals surface area contributed by atoms with Gasteiger partial charge in [0.05, 0.1) is 0 Å². The maximum atomic E-state index is 13.7. The number of carbonyl (C=O) groups excluding carboxylic acids is 2. The zero-order valence-electron chi connectivity index (χ0n) is 16.4. The fourth-order valence-corrected chi connectivity index (χ4v) is 3.59. The summed E-state index contributed by atoms with van der Waals surface area (Å²) in [5.74, 6) is -1.16. The number of benzene rings is 2. The van der Waals surface area contributed by atoms with Crippen molar-refractivity contribution >= 4 is 28.3 Å². The lowest BCUT2D eigenvalue weighted by molar-refractivity contribution is -0.116. The van der Waals surface area contributed by atoms with Crippen LogP contribution in [0.1, 0.15) is 39.2 Å². The highest BCUT2D eigenvalue weighted by atomic mass is 32.1. The minimum atomic E-state index is -0.403. The third-order valence-corrected chi connectivity index (χ3v) is 5.30. The van der Waals surface area contributed by atoms with Gasteiger partial charge in [-0.05, 0) is 54.8 Å². The molecule has 0 fully saturated rings. The Bertz CT molecular complexity index is 1040. The molecule has 2 N–H and O–H groups in total. The summed E-state index contributed by atoms with van der Waals surface area (Å²) in [6.07, 6.45) is 2.89. The molecule has 2 amide bonds. The fraction of sp³-hybridized carbons (Fsp3) is 0.227. The molecule has 3 rings (SSSR count). The van der Waals surface area contributed by atoms with E-state index in [2.05, 4.69) is 15.6 Å². The van der Waals surface area contributed by atoms with Gasteiger partial charge in [-0.15, -0.1) is 11.3 Å². The fourth-order valence-electron chi connectivity index (χ4n) is 2.73. The van der Waals surface area contributed by atoms with E-state index in [1.165, 1.54) is 41.7 Å². The van der Waals surface area contributed by atoms with Gasteiger partial charge in [0.25, 0.3) is 5.91 Å². The van der Waals surface area contributed by atoms with Gasteiger partial charge < -0.3 is 10.6 Å². The maximum absolute atomic E-state index is 13.7. The molecule has 1 heterocycles. The van der Waals surface area contributed by atoms with Crippen molar-refractivity contribution in [3.63, 3.8) is 0 Å². The Balaban J connectivity index is 1.40. The second kappa shape index (κ2) is 10.1. The molecular weight excluding hydrogens is 408 g/mol. The van der Waals surface area contributed by atoms with Crippen LogP contribution in [0.4, 0.5) is 13.9 Å². The van der Waals surface area contributed by atoms with Gasteiger partial charge in [-0.25, -0.2) is 13.8 Å². The summed E-state index contributed by atoms with van der Waals surface area (Å²) in [5, 5.41) is 5.91. The number of rotatable bonds is 8. The number of carbonyl (C=O) groups is 2. The molecule has 0 bridgehead atoms. The smallest absolute Gasteiger partial charge is 0.251 e. The van der Waals surface area contributed by atoms with E-state index in [4.69, 9.17) is 0 Å². The van der Waals surface area contributed by atoms with Crippen LogP contribution in [0, 0.1) is 18.6 Å². The van der Waals surface area contributed by atoms with Gasteiger partial charge in [0.1, 0.15) is 11.6 Å². The van der Waals surface area contributed by atoms with Gasteiger partial charge >= 0.3 is 0 Å². The van der Waals surface area contributed by atoms with Crippen LogP contribution in [0.2, 0.25) is 0 Å². The number of nitrogens with zero attached hydrogens (tertiary/aromatic N) is 1. The molecule has 5 nitrogen and oxygen atoms in total. The van der Waals surface area contributed by atoms with E-state index in [0.717, 1.165) is 10.4 Å². The van der Waals surface area contributed by atoms with Crippen molar-refractivity contribution in [1.82, 2.24) is 10.3 Å². The summed E-state index contributed by atoms with van der Waals surface area (Å²) in [4.78, 5) is 29.1. The first-order chi connectivity index (χ1) is 14.4. The molecular formula is C22H21F2N3O2S. The maximum Gasteiger partial charge on any atom is 0.251 e. The Labute approximate surface area is 177 Å². The van der Waals surface area contributed by atoms with Crippen molar-refractivity contribution in [3.05, 3.63) is 81.9 Å². The number of aryl methyl sites for hydroxylation is 1. The minimum absolute atomic E-state index is 0.201. The standard InChI is InChI=1S/C22H21F2N3O2S/c1-14-4-5-15(12-19(14)24)11-18-13-26-22(30-18)27-20(28)3-2-10-25-21(29)16-6-8-17(23)9-7-16/h4-9,12-13H,2-3,10-11H2,1H3,(H,25,29)(H,26,27,28). The summed E-state index contributed by atoms with van der Waals surface area (Å²) in [6, 6.07) is 10.4. The first-order valence-corrected chi connectivity index (χ1v) is 10.3. The summed E-state index contributed by atoms with van der Waals surface area (Å²) in [7, 11) is 0. The second-order valence-electron chi connectivity index (χ2n) is 6.81. The first kappa shape index (κ1) is 21.6. The summed E-state index contributed by atoms with van der Waals surface area (Å²) >= 11 is 1.34. The lowest BCUT2D eigenvalue weighted by atomic mass is 10.1. The molecule has 2 aromatic carbocycles. The van der Waals surface area contributed by atoms with E-state index in [1.54, 1.807) is 19.2 Å². The summed E-state index contributed by atoms with van der Waals surface area (Å²) in [6.45, 7) is 2.04. The zero-order valence-corrected chi connectivity index (χ0v) is 17.2. The number of hydrogen-bond donors (Lipinski definition) is 2. The van der Waals surface area contributed by atoms with Gasteiger partial charge in [0, 0.05) is 36.0 Å². The highest BCUT2D eigenvalue weighted by Crippen LogP contribution is 2.22. The van der Waals surface area contributed by atoms with Crippen LogP contribution >= 0.6 is 11.3 Å². The largest absolute Gasteiger partial charge is 0.352 e. The second-order valence-corrected chi connectivity index (χ2v) is 7.92. The van der Waals surface area contributed by atoms with E-state index >= 15 is 0 Å². The molecule has 0 unspecified atom stereocenters. The van der Waals surface area contributed by atoms with Crippen LogP contribution in [0.15, 0.2) is 48.7 Å². The number of hydrogen-bond acceptors (Lipinski definition) is 4. The Morgan fingerprint density at radius 2 is 1.87 bits per heavy atom. The number of anilines is 1. The molecule has 0 saturated heterocycles. The van der Waals surface area contributed by atoms with E-state index in [0.29, 0.717) is 35.6 Å². The third-order valence-electron chi connectivity index (χ3n) is 4.39. The van der Waals surface area contributed by atoms with Crippen molar-refractivity contribution in [1.29, 1.82) is 0 Å². The van der Waals surface area contributed by atoms with Gasteiger partial charge in [-0.2, -0.15) is 0 Å². The Morgan fingerprint density at radius 1 is 1.10 bits per heavy atom. The van der Waals surface area contributed by atoms with Crippen LogP contribution in [-0.4, -0.2) is 23.3 Å². The zero-order chi connectivity index (χ0) is 21.5.